The van der Waals surface area contributed by atoms with E-state index < -0.39 is 0 Å². The Kier molecular flexibility index (Phi) is 2.34. The van der Waals surface area contributed by atoms with Gasteiger partial charge in [-0.3, -0.25) is 0 Å². The number of benzene rings is 1. The molecule has 2 aliphatic carbocycles. The molecule has 0 fully saturated rings. The molecule has 0 N–H and O–H groups in total. The molecule has 1 aromatic carbocycles. The fraction of sp³-hybridized carbons (Fsp3) is 0.125. The Morgan fingerprint density at radius 1 is 0.750 bits per heavy atom. The summed E-state index contributed by atoms with van der Waals surface area (Å²) < 4.78 is 0. The Balaban J connectivity index is 2.16. The third kappa shape index (κ3) is 1.57. The average Bonchev–Trinajstić information content (AvgIpc) is 2.33. The average molecular weight is 206 g/mol. The third-order valence-corrected chi connectivity index (χ3v) is 3.25. The number of hydrogen-bond acceptors (Lipinski definition) is 0. The zero-order chi connectivity index (χ0) is 10.8. The molecular weight excluding hydrogens is 192 g/mol. The molecule has 0 spiro atoms. The molecule has 0 aromatic heterocycles. The van der Waals surface area contributed by atoms with E-state index in [2.05, 4.69) is 72.9 Å². The van der Waals surface area contributed by atoms with Crippen molar-refractivity contribution in [2.75, 3.05) is 0 Å². The van der Waals surface area contributed by atoms with Crippen molar-refractivity contribution in [3.05, 3.63) is 77.9 Å². The quantitative estimate of drug-likeness (QED) is 0.599. The van der Waals surface area contributed by atoms with Gasteiger partial charge in [-0.15, -0.1) is 0 Å². The van der Waals surface area contributed by atoms with Crippen LogP contribution < -0.4 is 0 Å². The normalized spacial score (nSPS) is 27.8. The van der Waals surface area contributed by atoms with Gasteiger partial charge < -0.3 is 0 Å². The van der Waals surface area contributed by atoms with Crippen LogP contribution in [0.2, 0.25) is 0 Å². The molecule has 16 heavy (non-hydrogen) atoms. The smallest absolute Gasteiger partial charge is 0.0125 e. The summed E-state index contributed by atoms with van der Waals surface area (Å²) in [4.78, 5) is 0. The van der Waals surface area contributed by atoms with E-state index in [0.717, 1.165) is 0 Å². The molecule has 0 nitrogen and oxygen atoms in total. The largest absolute Gasteiger partial charge is 0.0767 e. The van der Waals surface area contributed by atoms with Crippen LogP contribution in [0.1, 0.15) is 17.0 Å². The van der Waals surface area contributed by atoms with Crippen LogP contribution in [0.3, 0.4) is 0 Å². The van der Waals surface area contributed by atoms with E-state index in [0.29, 0.717) is 11.8 Å². The molecule has 0 saturated heterocycles. The lowest BCUT2D eigenvalue weighted by Gasteiger charge is -2.24. The van der Waals surface area contributed by atoms with Crippen LogP contribution in [0.15, 0.2) is 66.8 Å². The van der Waals surface area contributed by atoms with Gasteiger partial charge in [0.25, 0.3) is 0 Å². The highest BCUT2D eigenvalue weighted by Crippen LogP contribution is 2.34. The highest BCUT2D eigenvalue weighted by molar-refractivity contribution is 5.58. The molecule has 0 amide bonds. The summed E-state index contributed by atoms with van der Waals surface area (Å²) in [6.45, 7) is 0. The van der Waals surface area contributed by atoms with E-state index in [9.17, 15) is 0 Å². The monoisotopic (exact) mass is 206 g/mol. The maximum atomic E-state index is 2.30. The fourth-order valence-electron chi connectivity index (χ4n) is 2.44. The molecule has 0 saturated carbocycles. The molecule has 1 aromatic rings. The molecule has 0 heteroatoms. The van der Waals surface area contributed by atoms with Crippen LogP contribution in [-0.2, 0) is 0 Å². The van der Waals surface area contributed by atoms with Crippen LogP contribution in [0, 0.1) is 5.92 Å². The zero-order valence-corrected chi connectivity index (χ0v) is 9.08. The van der Waals surface area contributed by atoms with Crippen molar-refractivity contribution in [3.8, 4) is 0 Å². The van der Waals surface area contributed by atoms with Crippen molar-refractivity contribution in [2.45, 2.75) is 5.92 Å². The lowest BCUT2D eigenvalue weighted by molar-refractivity contribution is 0.697. The van der Waals surface area contributed by atoms with Gasteiger partial charge >= 0.3 is 0 Å². The molecule has 2 aliphatic rings. The van der Waals surface area contributed by atoms with E-state index in [1.165, 1.54) is 11.1 Å². The van der Waals surface area contributed by atoms with E-state index >= 15 is 0 Å². The predicted octanol–water partition coefficient (Wildman–Crippen LogP) is 4.10. The summed E-state index contributed by atoms with van der Waals surface area (Å²) in [5.41, 5.74) is 2.76. The van der Waals surface area contributed by atoms with Gasteiger partial charge in [-0.1, -0.05) is 72.9 Å². The number of allylic oxidation sites excluding steroid dienone is 7. The lowest BCUT2D eigenvalue weighted by Crippen LogP contribution is -2.10. The van der Waals surface area contributed by atoms with Gasteiger partial charge in [0, 0.05) is 11.8 Å². The second kappa shape index (κ2) is 3.97. The minimum Gasteiger partial charge on any atom is -0.0767 e. The first-order valence-corrected chi connectivity index (χ1v) is 5.74. The van der Waals surface area contributed by atoms with E-state index in [4.69, 9.17) is 0 Å². The molecule has 0 radical (unpaired) electrons. The maximum absolute atomic E-state index is 2.30. The van der Waals surface area contributed by atoms with Crippen LogP contribution in [0.4, 0.5) is 0 Å². The minimum atomic E-state index is 0.488. The second-order valence-electron chi connectivity index (χ2n) is 4.25. The SMILES string of the molecule is C1=CC2/C=C\C=Cc3ccccc3C2C=C1. The van der Waals surface area contributed by atoms with Crippen molar-refractivity contribution >= 4 is 6.08 Å². The molecule has 2 atom stereocenters. The summed E-state index contributed by atoms with van der Waals surface area (Å²) in [7, 11) is 0. The highest BCUT2D eigenvalue weighted by Gasteiger charge is 2.20. The van der Waals surface area contributed by atoms with E-state index in [1.54, 1.807) is 0 Å². The van der Waals surface area contributed by atoms with Crippen molar-refractivity contribution in [1.82, 2.24) is 0 Å². The first-order valence-electron chi connectivity index (χ1n) is 5.74. The standard InChI is InChI=1S/C16H14/c1-2-8-14-10-4-6-12-16(14)15-11-5-3-9-13(15)7-1/h1-13,15H/b7-1-,8-2?. The van der Waals surface area contributed by atoms with Gasteiger partial charge in [-0.2, -0.15) is 0 Å². The summed E-state index contributed by atoms with van der Waals surface area (Å²) >= 11 is 0. The summed E-state index contributed by atoms with van der Waals surface area (Å²) in [6, 6.07) is 8.65. The van der Waals surface area contributed by atoms with E-state index in [-0.39, 0.29) is 0 Å². The van der Waals surface area contributed by atoms with Crippen molar-refractivity contribution in [2.24, 2.45) is 5.92 Å². The molecular formula is C16H14. The highest BCUT2D eigenvalue weighted by atomic mass is 14.2. The number of hydrogen-bond donors (Lipinski definition) is 0. The molecule has 3 rings (SSSR count). The number of fused-ring (bicyclic) bond motifs is 3. The lowest BCUT2D eigenvalue weighted by atomic mass is 9.80. The maximum Gasteiger partial charge on any atom is 0.0125 e. The van der Waals surface area contributed by atoms with Gasteiger partial charge in [0.1, 0.15) is 0 Å². The molecule has 0 aliphatic heterocycles. The van der Waals surface area contributed by atoms with Gasteiger partial charge in [-0.25, -0.2) is 0 Å². The first kappa shape index (κ1) is 9.41. The zero-order valence-electron chi connectivity index (χ0n) is 9.08. The van der Waals surface area contributed by atoms with Crippen LogP contribution in [0.5, 0.6) is 0 Å². The van der Waals surface area contributed by atoms with Crippen molar-refractivity contribution in [3.63, 3.8) is 0 Å². The molecule has 2 unspecified atom stereocenters. The molecule has 0 heterocycles. The Labute approximate surface area is 96.3 Å². The van der Waals surface area contributed by atoms with Crippen molar-refractivity contribution in [1.29, 1.82) is 0 Å². The molecule has 78 valence electrons. The summed E-state index contributed by atoms with van der Waals surface area (Å²) in [5.74, 6) is 0.985. The van der Waals surface area contributed by atoms with Gasteiger partial charge in [0.2, 0.25) is 0 Å². The van der Waals surface area contributed by atoms with Crippen LogP contribution in [-0.4, -0.2) is 0 Å². The Morgan fingerprint density at radius 3 is 2.44 bits per heavy atom. The van der Waals surface area contributed by atoms with Gasteiger partial charge in [0.15, 0.2) is 0 Å². The van der Waals surface area contributed by atoms with Gasteiger partial charge in [0.05, 0.1) is 0 Å². The van der Waals surface area contributed by atoms with Crippen molar-refractivity contribution < 1.29 is 0 Å². The first-order chi connectivity index (χ1) is 7.95. The topological polar surface area (TPSA) is 0 Å². The fourth-order valence-corrected chi connectivity index (χ4v) is 2.44. The van der Waals surface area contributed by atoms with Crippen LogP contribution in [0.25, 0.3) is 6.08 Å². The molecule has 0 bridgehead atoms. The Morgan fingerprint density at radius 2 is 1.50 bits per heavy atom. The Bertz CT molecular complexity index is 501. The predicted molar refractivity (Wildman–Crippen MR) is 69.1 cm³/mol. The Hall–Kier alpha value is -1.82. The van der Waals surface area contributed by atoms with Gasteiger partial charge in [-0.05, 0) is 11.1 Å². The van der Waals surface area contributed by atoms with Crippen LogP contribution >= 0.6 is 0 Å². The number of rotatable bonds is 0. The minimum absolute atomic E-state index is 0.488. The summed E-state index contributed by atoms with van der Waals surface area (Å²) in [6.07, 6.45) is 17.6. The van der Waals surface area contributed by atoms with E-state index in [1.807, 2.05) is 0 Å². The summed E-state index contributed by atoms with van der Waals surface area (Å²) in [5, 5.41) is 0. The second-order valence-corrected chi connectivity index (χ2v) is 4.25. The third-order valence-electron chi connectivity index (χ3n) is 3.25.